The van der Waals surface area contributed by atoms with E-state index in [0.717, 1.165) is 22.3 Å². The predicted octanol–water partition coefficient (Wildman–Crippen LogP) is 4.66. The lowest BCUT2D eigenvalue weighted by Crippen LogP contribution is -2.11. The van der Waals surface area contributed by atoms with E-state index < -0.39 is 0 Å². The molecule has 0 saturated carbocycles. The topological polar surface area (TPSA) is 49.7 Å². The number of phenolic OH excluding ortho intramolecular Hbond substituents is 2. The summed E-state index contributed by atoms with van der Waals surface area (Å²) in [5.74, 6) is 1.03. The number of hydrogen-bond donors (Lipinski definition) is 2. The van der Waals surface area contributed by atoms with E-state index in [1.165, 1.54) is 0 Å². The summed E-state index contributed by atoms with van der Waals surface area (Å²) >= 11 is 0. The zero-order valence-electron chi connectivity index (χ0n) is 12.9. The van der Waals surface area contributed by atoms with E-state index >= 15 is 0 Å². The molecule has 1 heterocycles. The summed E-state index contributed by atoms with van der Waals surface area (Å²) in [4.78, 5) is 0. The Labute approximate surface area is 140 Å². The number of ether oxygens (including phenoxy) is 1. The van der Waals surface area contributed by atoms with Crippen molar-refractivity contribution in [3.05, 3.63) is 95.7 Å². The molecule has 0 bridgehead atoms. The van der Waals surface area contributed by atoms with Crippen LogP contribution in [0.15, 0.2) is 79.1 Å². The van der Waals surface area contributed by atoms with E-state index in [-0.39, 0.29) is 17.4 Å². The van der Waals surface area contributed by atoms with E-state index in [4.69, 9.17) is 4.74 Å². The van der Waals surface area contributed by atoms with Gasteiger partial charge in [-0.3, -0.25) is 0 Å². The highest BCUT2D eigenvalue weighted by Crippen LogP contribution is 2.45. The Morgan fingerprint density at radius 1 is 0.750 bits per heavy atom. The molecule has 0 aliphatic carbocycles. The molecule has 3 heteroatoms. The normalized spacial score (nSPS) is 16.0. The van der Waals surface area contributed by atoms with E-state index in [2.05, 4.69) is 0 Å². The van der Waals surface area contributed by atoms with Gasteiger partial charge >= 0.3 is 0 Å². The van der Waals surface area contributed by atoms with Gasteiger partial charge in [0.2, 0.25) is 0 Å². The smallest absolute Gasteiger partial charge is 0.134 e. The van der Waals surface area contributed by atoms with E-state index in [1.807, 2.05) is 48.5 Å². The first-order valence-electron chi connectivity index (χ1n) is 7.76. The van der Waals surface area contributed by atoms with Crippen LogP contribution in [0.25, 0.3) is 5.57 Å². The molecule has 0 saturated heterocycles. The Balaban J connectivity index is 1.89. The third-order valence-electron chi connectivity index (χ3n) is 4.27. The molecule has 1 atom stereocenters. The Kier molecular flexibility index (Phi) is 3.47. The second-order valence-electron chi connectivity index (χ2n) is 5.80. The second kappa shape index (κ2) is 5.78. The molecule has 0 amide bonds. The average molecular weight is 316 g/mol. The second-order valence-corrected chi connectivity index (χ2v) is 5.80. The maximum atomic E-state index is 9.73. The summed E-state index contributed by atoms with van der Waals surface area (Å²) in [5.41, 5.74) is 4.16. The van der Waals surface area contributed by atoms with Crippen LogP contribution in [0, 0.1) is 0 Å². The van der Waals surface area contributed by atoms with Crippen LogP contribution in [0.5, 0.6) is 17.2 Å². The molecule has 1 aliphatic heterocycles. The fourth-order valence-corrected chi connectivity index (χ4v) is 3.12. The van der Waals surface area contributed by atoms with Crippen LogP contribution in [0.2, 0.25) is 0 Å². The number of rotatable bonds is 2. The van der Waals surface area contributed by atoms with Crippen molar-refractivity contribution in [3.8, 4) is 17.2 Å². The lowest BCUT2D eigenvalue weighted by molar-refractivity contribution is 0.444. The molecule has 3 nitrogen and oxygen atoms in total. The van der Waals surface area contributed by atoms with Crippen molar-refractivity contribution < 1.29 is 14.9 Å². The third kappa shape index (κ3) is 2.50. The number of allylic oxidation sites excluding steroid dienone is 1. The van der Waals surface area contributed by atoms with E-state index in [9.17, 15) is 10.2 Å². The van der Waals surface area contributed by atoms with Crippen LogP contribution in [0.1, 0.15) is 22.6 Å². The fourth-order valence-electron chi connectivity index (χ4n) is 3.12. The van der Waals surface area contributed by atoms with Gasteiger partial charge in [-0.05, 0) is 29.3 Å². The first-order chi connectivity index (χ1) is 11.7. The van der Waals surface area contributed by atoms with Crippen LogP contribution < -0.4 is 4.74 Å². The van der Waals surface area contributed by atoms with Gasteiger partial charge in [0.1, 0.15) is 17.2 Å². The molecular formula is C21H16O3. The molecule has 0 aromatic heterocycles. The summed E-state index contributed by atoms with van der Waals surface area (Å²) < 4.78 is 5.78. The maximum absolute atomic E-state index is 9.73. The van der Waals surface area contributed by atoms with Crippen molar-refractivity contribution in [2.24, 2.45) is 0 Å². The molecule has 0 spiro atoms. The summed E-state index contributed by atoms with van der Waals surface area (Å²) in [7, 11) is 0. The van der Waals surface area contributed by atoms with Gasteiger partial charge in [-0.2, -0.15) is 0 Å². The van der Waals surface area contributed by atoms with Crippen LogP contribution in [0.4, 0.5) is 0 Å². The Bertz CT molecular complexity index is 896. The molecule has 24 heavy (non-hydrogen) atoms. The van der Waals surface area contributed by atoms with Gasteiger partial charge in [-0.1, -0.05) is 48.5 Å². The van der Waals surface area contributed by atoms with Crippen LogP contribution >= 0.6 is 0 Å². The van der Waals surface area contributed by atoms with E-state index in [0.29, 0.717) is 5.75 Å². The molecule has 4 rings (SSSR count). The number of benzene rings is 3. The average Bonchev–Trinajstić information content (AvgIpc) is 2.62. The quantitative estimate of drug-likeness (QED) is 0.722. The summed E-state index contributed by atoms with van der Waals surface area (Å²) in [5, 5.41) is 19.3. The minimum absolute atomic E-state index is 0.0302. The first-order valence-corrected chi connectivity index (χ1v) is 7.76. The largest absolute Gasteiger partial charge is 0.508 e. The highest BCUT2D eigenvalue weighted by molar-refractivity contribution is 5.77. The standard InChI is InChI=1S/C21H16O3/c22-16-8-6-15(7-9-16)21-18-11-10-17(23)12-20(18)24-13-19(21)14-4-2-1-3-5-14/h1-13,21-23H. The van der Waals surface area contributed by atoms with Gasteiger partial charge in [0.15, 0.2) is 0 Å². The van der Waals surface area contributed by atoms with Crippen molar-refractivity contribution in [2.45, 2.75) is 5.92 Å². The molecule has 1 unspecified atom stereocenters. The lowest BCUT2D eigenvalue weighted by atomic mass is 9.81. The molecular weight excluding hydrogens is 300 g/mol. The van der Waals surface area contributed by atoms with Gasteiger partial charge in [0.25, 0.3) is 0 Å². The fraction of sp³-hybridized carbons (Fsp3) is 0.0476. The Morgan fingerprint density at radius 2 is 1.46 bits per heavy atom. The van der Waals surface area contributed by atoms with Crippen LogP contribution in [-0.4, -0.2) is 10.2 Å². The van der Waals surface area contributed by atoms with Crippen molar-refractivity contribution in [2.75, 3.05) is 0 Å². The zero-order chi connectivity index (χ0) is 16.5. The van der Waals surface area contributed by atoms with E-state index in [1.54, 1.807) is 30.5 Å². The Hall–Kier alpha value is -3.20. The molecule has 0 fully saturated rings. The monoisotopic (exact) mass is 316 g/mol. The minimum Gasteiger partial charge on any atom is -0.508 e. The first kappa shape index (κ1) is 14.4. The molecule has 3 aromatic carbocycles. The van der Waals surface area contributed by atoms with Gasteiger partial charge in [0, 0.05) is 23.1 Å². The maximum Gasteiger partial charge on any atom is 0.134 e. The molecule has 0 radical (unpaired) electrons. The van der Waals surface area contributed by atoms with Gasteiger partial charge in [0.05, 0.1) is 6.26 Å². The molecule has 3 aromatic rings. The third-order valence-corrected chi connectivity index (χ3v) is 4.27. The molecule has 118 valence electrons. The summed E-state index contributed by atoms with van der Waals surface area (Å²) in [6.45, 7) is 0. The SMILES string of the molecule is Oc1ccc(C2C(c3ccccc3)=COc3cc(O)ccc32)cc1. The lowest BCUT2D eigenvalue weighted by Gasteiger charge is -2.27. The number of fused-ring (bicyclic) bond motifs is 1. The summed E-state index contributed by atoms with van der Waals surface area (Å²) in [6.07, 6.45) is 1.74. The number of phenols is 2. The molecule has 1 aliphatic rings. The van der Waals surface area contributed by atoms with Crippen molar-refractivity contribution >= 4 is 5.57 Å². The van der Waals surface area contributed by atoms with Crippen molar-refractivity contribution in [3.63, 3.8) is 0 Å². The Morgan fingerprint density at radius 3 is 2.21 bits per heavy atom. The van der Waals surface area contributed by atoms with Crippen LogP contribution in [0.3, 0.4) is 0 Å². The van der Waals surface area contributed by atoms with Crippen molar-refractivity contribution in [1.82, 2.24) is 0 Å². The van der Waals surface area contributed by atoms with Gasteiger partial charge in [-0.25, -0.2) is 0 Å². The van der Waals surface area contributed by atoms with Gasteiger partial charge < -0.3 is 14.9 Å². The summed E-state index contributed by atoms with van der Waals surface area (Å²) in [6, 6.07) is 22.5. The minimum atomic E-state index is -0.0302. The highest BCUT2D eigenvalue weighted by atomic mass is 16.5. The predicted molar refractivity (Wildman–Crippen MR) is 93.1 cm³/mol. The zero-order valence-corrected chi connectivity index (χ0v) is 12.9. The van der Waals surface area contributed by atoms with Gasteiger partial charge in [-0.15, -0.1) is 0 Å². The molecule has 2 N–H and O–H groups in total. The number of aromatic hydroxyl groups is 2. The number of hydrogen-bond acceptors (Lipinski definition) is 3. The highest BCUT2D eigenvalue weighted by Gasteiger charge is 2.27. The van der Waals surface area contributed by atoms with Crippen molar-refractivity contribution in [1.29, 1.82) is 0 Å². The van der Waals surface area contributed by atoms with Crippen LogP contribution in [-0.2, 0) is 0 Å².